The zero-order valence-corrected chi connectivity index (χ0v) is 13.0. The second kappa shape index (κ2) is 7.02. The molecule has 0 radical (unpaired) electrons. The first-order valence-corrected chi connectivity index (χ1v) is 7.84. The van der Waals surface area contributed by atoms with Gasteiger partial charge in [-0.3, -0.25) is 9.59 Å². The number of esters is 2. The van der Waals surface area contributed by atoms with Gasteiger partial charge < -0.3 is 9.47 Å². The van der Waals surface area contributed by atoms with Crippen molar-refractivity contribution in [3.8, 4) is 0 Å². The third kappa shape index (κ3) is 4.17. The van der Waals surface area contributed by atoms with E-state index in [-0.39, 0.29) is 8.55 Å². The molecule has 112 valence electrons. The highest BCUT2D eigenvalue weighted by Gasteiger charge is 2.30. The Bertz CT molecular complexity index is 579. The summed E-state index contributed by atoms with van der Waals surface area (Å²) < 4.78 is 34.3. The van der Waals surface area contributed by atoms with E-state index in [1.807, 2.05) is 0 Å². The van der Waals surface area contributed by atoms with Crippen LogP contribution in [0.1, 0.15) is 0 Å². The third-order valence-electron chi connectivity index (χ3n) is 2.21. The Labute approximate surface area is 125 Å². The van der Waals surface area contributed by atoms with Crippen molar-refractivity contribution < 1.29 is 27.5 Å². The molecule has 20 heavy (non-hydrogen) atoms. The maximum absolute atomic E-state index is 12.3. The van der Waals surface area contributed by atoms with E-state index in [4.69, 9.17) is 11.6 Å². The number of ether oxygens (including phenoxy) is 2. The molecule has 0 amide bonds. The van der Waals surface area contributed by atoms with Crippen molar-refractivity contribution in [1.82, 2.24) is 4.31 Å². The van der Waals surface area contributed by atoms with Gasteiger partial charge in [-0.1, -0.05) is 11.6 Å². The molecule has 0 N–H and O–H groups in total. The number of hydrogen-bond donors (Lipinski definition) is 0. The van der Waals surface area contributed by atoms with Crippen LogP contribution in [0.5, 0.6) is 0 Å². The minimum Gasteiger partial charge on any atom is -0.468 e. The average Bonchev–Trinajstić information content (AvgIpc) is 2.84. The molecule has 7 nitrogen and oxygen atoms in total. The fraction of sp³-hybridized carbons (Fsp3) is 0.400. The lowest BCUT2D eigenvalue weighted by molar-refractivity contribution is -0.143. The van der Waals surface area contributed by atoms with Gasteiger partial charge in [0.1, 0.15) is 17.3 Å². The summed E-state index contributed by atoms with van der Waals surface area (Å²) >= 11 is 6.51. The van der Waals surface area contributed by atoms with Crippen LogP contribution >= 0.6 is 22.9 Å². The van der Waals surface area contributed by atoms with Crippen LogP contribution in [-0.2, 0) is 29.1 Å². The summed E-state index contributed by atoms with van der Waals surface area (Å²) in [6.45, 7) is -1.19. The van der Waals surface area contributed by atoms with E-state index in [1.54, 1.807) is 0 Å². The van der Waals surface area contributed by atoms with E-state index < -0.39 is 35.1 Å². The van der Waals surface area contributed by atoms with Crippen LogP contribution in [-0.4, -0.2) is 52.0 Å². The topological polar surface area (TPSA) is 90.0 Å². The summed E-state index contributed by atoms with van der Waals surface area (Å²) in [4.78, 5) is 22.5. The van der Waals surface area contributed by atoms with E-state index in [9.17, 15) is 18.0 Å². The van der Waals surface area contributed by atoms with Crippen LogP contribution in [0.4, 0.5) is 0 Å². The van der Waals surface area contributed by atoms with Crippen molar-refractivity contribution in [2.75, 3.05) is 27.3 Å². The van der Waals surface area contributed by atoms with Gasteiger partial charge in [0, 0.05) is 0 Å². The minimum atomic E-state index is -4.02. The lowest BCUT2D eigenvalue weighted by Crippen LogP contribution is -2.39. The summed E-state index contributed by atoms with van der Waals surface area (Å²) in [5, 5.41) is 0. The van der Waals surface area contributed by atoms with Gasteiger partial charge in [0.2, 0.25) is 0 Å². The van der Waals surface area contributed by atoms with Crippen molar-refractivity contribution in [3.63, 3.8) is 0 Å². The summed E-state index contributed by atoms with van der Waals surface area (Å²) in [5.74, 6) is -1.58. The predicted molar refractivity (Wildman–Crippen MR) is 72.1 cm³/mol. The molecular formula is C10H12ClNO6S2. The fourth-order valence-electron chi connectivity index (χ4n) is 1.21. The van der Waals surface area contributed by atoms with Gasteiger partial charge in [0.05, 0.1) is 18.6 Å². The normalized spacial score (nSPS) is 11.4. The number of methoxy groups -OCH3 is 2. The summed E-state index contributed by atoms with van der Waals surface area (Å²) in [7, 11) is -1.79. The highest BCUT2D eigenvalue weighted by Crippen LogP contribution is 2.28. The van der Waals surface area contributed by atoms with Crippen molar-refractivity contribution in [1.29, 1.82) is 0 Å². The number of sulfonamides is 1. The van der Waals surface area contributed by atoms with Crippen LogP contribution in [0, 0.1) is 0 Å². The molecule has 0 saturated heterocycles. The van der Waals surface area contributed by atoms with Gasteiger partial charge in [0.15, 0.2) is 0 Å². The second-order valence-corrected chi connectivity index (χ2v) is 7.36. The molecule has 0 spiro atoms. The Morgan fingerprint density at radius 1 is 1.20 bits per heavy atom. The monoisotopic (exact) mass is 341 g/mol. The van der Waals surface area contributed by atoms with Crippen LogP contribution in [0.2, 0.25) is 4.34 Å². The number of carbonyl (C=O) groups excluding carboxylic acids is 2. The first kappa shape index (κ1) is 16.9. The van der Waals surface area contributed by atoms with Crippen LogP contribution in [0.15, 0.2) is 16.3 Å². The number of nitrogens with zero attached hydrogens (tertiary/aromatic N) is 1. The van der Waals surface area contributed by atoms with Gasteiger partial charge in [-0.2, -0.15) is 4.31 Å². The van der Waals surface area contributed by atoms with Crippen molar-refractivity contribution in [3.05, 3.63) is 16.5 Å². The number of hydrogen-bond acceptors (Lipinski definition) is 7. The molecule has 0 fully saturated rings. The second-order valence-electron chi connectivity index (χ2n) is 3.48. The van der Waals surface area contributed by atoms with Gasteiger partial charge >= 0.3 is 11.9 Å². The molecule has 0 aliphatic heterocycles. The van der Waals surface area contributed by atoms with Crippen LogP contribution in [0.25, 0.3) is 0 Å². The fourth-order valence-corrected chi connectivity index (χ4v) is 4.17. The molecule has 0 bridgehead atoms. The SMILES string of the molecule is COC(=O)CN(CC(=O)OC)S(=O)(=O)c1ccc(Cl)s1. The van der Waals surface area contributed by atoms with E-state index >= 15 is 0 Å². The molecule has 10 heteroatoms. The van der Waals surface area contributed by atoms with Crippen LogP contribution in [0.3, 0.4) is 0 Å². The standard InChI is InChI=1S/C10H12ClNO6S2/c1-17-8(13)5-12(6-9(14)18-2)20(15,16)10-4-3-7(11)19-10/h3-4H,5-6H2,1-2H3. The first-order chi connectivity index (χ1) is 9.31. The number of thiophene rings is 1. The van der Waals surface area contributed by atoms with Crippen LogP contribution < -0.4 is 0 Å². The molecule has 0 aliphatic carbocycles. The number of rotatable bonds is 6. The maximum atomic E-state index is 12.3. The molecule has 0 aliphatic rings. The van der Waals surface area contributed by atoms with Crippen molar-refractivity contribution in [2.45, 2.75) is 4.21 Å². The highest BCUT2D eigenvalue weighted by atomic mass is 35.5. The summed E-state index contributed by atoms with van der Waals surface area (Å²) in [6.07, 6.45) is 0. The Morgan fingerprint density at radius 2 is 1.70 bits per heavy atom. The molecule has 0 saturated carbocycles. The van der Waals surface area contributed by atoms with Gasteiger partial charge in [-0.15, -0.1) is 11.3 Å². The van der Waals surface area contributed by atoms with Gasteiger partial charge in [0.25, 0.3) is 10.0 Å². The van der Waals surface area contributed by atoms with Crippen molar-refractivity contribution >= 4 is 44.9 Å². The highest BCUT2D eigenvalue weighted by molar-refractivity contribution is 7.91. The zero-order valence-electron chi connectivity index (χ0n) is 10.7. The van der Waals surface area contributed by atoms with E-state index in [1.165, 1.54) is 12.1 Å². The van der Waals surface area contributed by atoms with Gasteiger partial charge in [-0.05, 0) is 12.1 Å². The Kier molecular flexibility index (Phi) is 5.93. The average molecular weight is 342 g/mol. The number of halogens is 1. The summed E-state index contributed by atoms with van der Waals surface area (Å²) in [6, 6.07) is 2.71. The molecule has 0 atom stereocenters. The van der Waals surface area contributed by atoms with E-state index in [2.05, 4.69) is 9.47 Å². The van der Waals surface area contributed by atoms with E-state index in [0.717, 1.165) is 25.6 Å². The predicted octanol–water partition coefficient (Wildman–Crippen LogP) is 0.738. The third-order valence-corrected chi connectivity index (χ3v) is 5.70. The van der Waals surface area contributed by atoms with Gasteiger partial charge in [-0.25, -0.2) is 8.42 Å². The molecule has 0 unspecified atom stereocenters. The maximum Gasteiger partial charge on any atom is 0.321 e. The number of carbonyl (C=O) groups is 2. The Morgan fingerprint density at radius 3 is 2.05 bits per heavy atom. The molecule has 1 aromatic heterocycles. The molecule has 0 aromatic carbocycles. The lowest BCUT2D eigenvalue weighted by atomic mass is 10.6. The zero-order chi connectivity index (χ0) is 15.3. The smallest absolute Gasteiger partial charge is 0.321 e. The minimum absolute atomic E-state index is 0.0738. The summed E-state index contributed by atoms with van der Waals surface area (Å²) in [5.41, 5.74) is 0. The molecule has 1 heterocycles. The van der Waals surface area contributed by atoms with E-state index in [0.29, 0.717) is 4.31 Å². The first-order valence-electron chi connectivity index (χ1n) is 5.20. The Hall–Kier alpha value is -1.16. The molecular weight excluding hydrogens is 330 g/mol. The molecule has 1 rings (SSSR count). The van der Waals surface area contributed by atoms with Crippen molar-refractivity contribution in [2.24, 2.45) is 0 Å². The Balaban J connectivity index is 3.07. The largest absolute Gasteiger partial charge is 0.468 e. The quantitative estimate of drug-likeness (QED) is 0.709. The molecule has 1 aromatic rings. The lowest BCUT2D eigenvalue weighted by Gasteiger charge is -2.18.